The summed E-state index contributed by atoms with van der Waals surface area (Å²) < 4.78 is 27.4. The van der Waals surface area contributed by atoms with Gasteiger partial charge in [-0.05, 0) is 45.8 Å². The van der Waals surface area contributed by atoms with E-state index in [-0.39, 0.29) is 0 Å². The Balaban J connectivity index is 2.15. The Morgan fingerprint density at radius 3 is 2.14 bits per heavy atom. The van der Waals surface area contributed by atoms with E-state index in [0.29, 0.717) is 10.8 Å². The zero-order valence-corrected chi connectivity index (χ0v) is 15.3. The van der Waals surface area contributed by atoms with Crippen molar-refractivity contribution in [2.24, 2.45) is 0 Å². The smallest absolute Gasteiger partial charge is 0.252 e. The van der Waals surface area contributed by atoms with Crippen molar-refractivity contribution in [2.45, 2.75) is 10.8 Å². The van der Waals surface area contributed by atoms with Gasteiger partial charge in [0.05, 0.1) is 3.79 Å². The van der Waals surface area contributed by atoms with Crippen LogP contribution in [0.1, 0.15) is 5.56 Å². The Kier molecular flexibility index (Phi) is 5.08. The normalized spacial score (nSPS) is 11.9. The Labute approximate surface area is 138 Å². The molecule has 0 bridgehead atoms. The molecule has 0 spiro atoms. The summed E-state index contributed by atoms with van der Waals surface area (Å²) in [6, 6.07) is 11.2. The molecule has 0 N–H and O–H groups in total. The van der Waals surface area contributed by atoms with Gasteiger partial charge in [0.2, 0.25) is 0 Å². The molecule has 0 atom stereocenters. The van der Waals surface area contributed by atoms with E-state index in [1.54, 1.807) is 19.2 Å². The van der Waals surface area contributed by atoms with Crippen LogP contribution < -0.4 is 4.90 Å². The Morgan fingerprint density at radius 2 is 1.67 bits per heavy atom. The number of anilines is 1. The SMILES string of the molecule is CN(C)c1ccc(CN(C)S(=O)(=O)c2ccc(Br)s2)cc1. The minimum Gasteiger partial charge on any atom is -0.378 e. The highest BCUT2D eigenvalue weighted by molar-refractivity contribution is 9.11. The molecule has 21 heavy (non-hydrogen) atoms. The first-order valence-corrected chi connectivity index (χ1v) is 9.33. The molecule has 1 aromatic heterocycles. The van der Waals surface area contributed by atoms with Gasteiger partial charge in [-0.3, -0.25) is 0 Å². The van der Waals surface area contributed by atoms with Gasteiger partial charge < -0.3 is 4.90 Å². The van der Waals surface area contributed by atoms with E-state index in [1.807, 2.05) is 43.3 Å². The van der Waals surface area contributed by atoms with Gasteiger partial charge in [0.1, 0.15) is 4.21 Å². The van der Waals surface area contributed by atoms with Gasteiger partial charge in [0.25, 0.3) is 10.0 Å². The van der Waals surface area contributed by atoms with E-state index in [4.69, 9.17) is 0 Å². The van der Waals surface area contributed by atoms with Crippen molar-refractivity contribution in [1.29, 1.82) is 0 Å². The summed E-state index contributed by atoms with van der Waals surface area (Å²) in [4.78, 5) is 2.01. The predicted molar refractivity (Wildman–Crippen MR) is 91.4 cm³/mol. The third kappa shape index (κ3) is 3.85. The molecule has 0 fully saturated rings. The summed E-state index contributed by atoms with van der Waals surface area (Å²) in [5, 5.41) is 0. The summed E-state index contributed by atoms with van der Waals surface area (Å²) in [6.45, 7) is 0.353. The van der Waals surface area contributed by atoms with Crippen LogP contribution in [0.4, 0.5) is 5.69 Å². The predicted octanol–water partition coefficient (Wildman–Crippen LogP) is 3.40. The summed E-state index contributed by atoms with van der Waals surface area (Å²) in [6.07, 6.45) is 0. The molecule has 0 aliphatic heterocycles. The zero-order chi connectivity index (χ0) is 15.6. The van der Waals surface area contributed by atoms with Crippen LogP contribution in [0.5, 0.6) is 0 Å². The van der Waals surface area contributed by atoms with Crippen molar-refractivity contribution >= 4 is 43.0 Å². The van der Waals surface area contributed by atoms with Gasteiger partial charge in [-0.2, -0.15) is 4.31 Å². The molecule has 0 amide bonds. The Morgan fingerprint density at radius 1 is 1.05 bits per heavy atom. The lowest BCUT2D eigenvalue weighted by Crippen LogP contribution is -2.25. The number of thiophene rings is 1. The van der Waals surface area contributed by atoms with Crippen molar-refractivity contribution < 1.29 is 8.42 Å². The van der Waals surface area contributed by atoms with E-state index in [2.05, 4.69) is 15.9 Å². The van der Waals surface area contributed by atoms with Crippen LogP contribution in [0.3, 0.4) is 0 Å². The number of rotatable bonds is 5. The third-order valence-electron chi connectivity index (χ3n) is 3.07. The molecule has 2 aromatic rings. The molecule has 0 saturated carbocycles. The highest BCUT2D eigenvalue weighted by Gasteiger charge is 2.22. The van der Waals surface area contributed by atoms with Crippen LogP contribution in [0.25, 0.3) is 0 Å². The topological polar surface area (TPSA) is 40.6 Å². The number of hydrogen-bond donors (Lipinski definition) is 0. The Bertz CT molecular complexity index is 709. The van der Waals surface area contributed by atoms with Crippen LogP contribution in [-0.2, 0) is 16.6 Å². The molecule has 114 valence electrons. The molecule has 0 unspecified atom stereocenters. The molecule has 1 aromatic carbocycles. The maximum atomic E-state index is 12.4. The van der Waals surface area contributed by atoms with Crippen molar-refractivity contribution in [1.82, 2.24) is 4.31 Å². The van der Waals surface area contributed by atoms with Gasteiger partial charge in [-0.1, -0.05) is 12.1 Å². The largest absolute Gasteiger partial charge is 0.378 e. The van der Waals surface area contributed by atoms with E-state index in [0.717, 1.165) is 15.0 Å². The fourth-order valence-corrected chi connectivity index (χ4v) is 5.21. The molecular weight excluding hydrogens is 372 g/mol. The summed E-state index contributed by atoms with van der Waals surface area (Å²) >= 11 is 4.51. The molecule has 0 saturated heterocycles. The second-order valence-corrected chi connectivity index (χ2v) is 9.62. The minimum atomic E-state index is -3.43. The van der Waals surface area contributed by atoms with Crippen LogP contribution in [-0.4, -0.2) is 33.9 Å². The standard InChI is InChI=1S/C14H17BrN2O2S2/c1-16(2)12-6-4-11(5-7-12)10-17(3)21(18,19)14-9-8-13(15)20-14/h4-9H,10H2,1-3H3. The van der Waals surface area contributed by atoms with Crippen LogP contribution in [0.2, 0.25) is 0 Å². The van der Waals surface area contributed by atoms with Crippen LogP contribution >= 0.6 is 27.3 Å². The highest BCUT2D eigenvalue weighted by atomic mass is 79.9. The second-order valence-electron chi connectivity index (χ2n) is 4.88. The number of benzene rings is 1. The summed E-state index contributed by atoms with van der Waals surface area (Å²) in [7, 11) is 2.11. The quantitative estimate of drug-likeness (QED) is 0.787. The highest BCUT2D eigenvalue weighted by Crippen LogP contribution is 2.28. The average Bonchev–Trinajstić information content (AvgIpc) is 2.86. The lowest BCUT2D eigenvalue weighted by atomic mass is 10.2. The van der Waals surface area contributed by atoms with Crippen LogP contribution in [0.15, 0.2) is 44.4 Å². The fourth-order valence-electron chi connectivity index (χ4n) is 1.83. The molecule has 0 radical (unpaired) electrons. The maximum Gasteiger partial charge on any atom is 0.252 e. The van der Waals surface area contributed by atoms with E-state index in [1.165, 1.54) is 15.6 Å². The van der Waals surface area contributed by atoms with Gasteiger partial charge >= 0.3 is 0 Å². The van der Waals surface area contributed by atoms with Gasteiger partial charge in [0.15, 0.2) is 0 Å². The molecular formula is C14H17BrN2O2S2. The van der Waals surface area contributed by atoms with Crippen LogP contribution in [0, 0.1) is 0 Å². The molecule has 0 aliphatic rings. The number of hydrogen-bond acceptors (Lipinski definition) is 4. The number of halogens is 1. The van der Waals surface area contributed by atoms with E-state index in [9.17, 15) is 8.42 Å². The minimum absolute atomic E-state index is 0.349. The molecule has 2 rings (SSSR count). The van der Waals surface area contributed by atoms with E-state index < -0.39 is 10.0 Å². The van der Waals surface area contributed by atoms with Crippen molar-refractivity contribution in [3.05, 3.63) is 45.7 Å². The molecule has 7 heteroatoms. The number of nitrogens with zero attached hydrogens (tertiary/aromatic N) is 2. The van der Waals surface area contributed by atoms with Gasteiger partial charge in [-0.15, -0.1) is 11.3 Å². The summed E-state index contributed by atoms with van der Waals surface area (Å²) in [5.41, 5.74) is 2.05. The van der Waals surface area contributed by atoms with E-state index >= 15 is 0 Å². The van der Waals surface area contributed by atoms with Crippen molar-refractivity contribution in [2.75, 3.05) is 26.0 Å². The average molecular weight is 389 g/mol. The molecule has 4 nitrogen and oxygen atoms in total. The second kappa shape index (κ2) is 6.48. The Hall–Kier alpha value is -0.890. The zero-order valence-electron chi connectivity index (χ0n) is 12.1. The fraction of sp³-hybridized carbons (Fsp3) is 0.286. The molecule has 0 aliphatic carbocycles. The summed E-state index contributed by atoms with van der Waals surface area (Å²) in [5.74, 6) is 0. The number of sulfonamides is 1. The monoisotopic (exact) mass is 388 g/mol. The first-order chi connectivity index (χ1) is 9.80. The lowest BCUT2D eigenvalue weighted by Gasteiger charge is -2.17. The first kappa shape index (κ1) is 16.5. The van der Waals surface area contributed by atoms with Gasteiger partial charge in [0, 0.05) is 33.4 Å². The van der Waals surface area contributed by atoms with Gasteiger partial charge in [-0.25, -0.2) is 8.42 Å². The lowest BCUT2D eigenvalue weighted by molar-refractivity contribution is 0.468. The van der Waals surface area contributed by atoms with Crippen molar-refractivity contribution in [3.63, 3.8) is 0 Å². The molecule has 1 heterocycles. The third-order valence-corrected chi connectivity index (χ3v) is 6.97. The van der Waals surface area contributed by atoms with Crippen molar-refractivity contribution in [3.8, 4) is 0 Å². The maximum absolute atomic E-state index is 12.4. The first-order valence-electron chi connectivity index (χ1n) is 6.28.